The first-order valence-electron chi connectivity index (χ1n) is 7.88. The number of ether oxygens (including phenoxy) is 3. The Hall–Kier alpha value is -2.73. The Kier molecular flexibility index (Phi) is 6.86. The second kappa shape index (κ2) is 9.10. The van der Waals surface area contributed by atoms with Gasteiger partial charge in [-0.15, -0.1) is 0 Å². The number of benzene rings is 2. The number of methoxy groups -OCH3 is 2. The van der Waals surface area contributed by atoms with Crippen LogP contribution in [0.4, 0.5) is 0 Å². The number of nitrogens with one attached hydrogen (secondary N) is 1. The average molecular weight is 378 g/mol. The highest BCUT2D eigenvalue weighted by Gasteiger charge is 2.17. The molecule has 0 radical (unpaired) electrons. The lowest BCUT2D eigenvalue weighted by molar-refractivity contribution is -0.124. The van der Waals surface area contributed by atoms with Gasteiger partial charge in [0.2, 0.25) is 0 Å². The highest BCUT2D eigenvalue weighted by atomic mass is 35.5. The van der Waals surface area contributed by atoms with Crippen molar-refractivity contribution in [2.75, 3.05) is 20.8 Å². The molecule has 2 aromatic rings. The van der Waals surface area contributed by atoms with E-state index in [4.69, 9.17) is 25.8 Å². The van der Waals surface area contributed by atoms with Gasteiger partial charge in [0.15, 0.2) is 6.61 Å². The minimum absolute atomic E-state index is 0.163. The van der Waals surface area contributed by atoms with E-state index in [9.17, 15) is 9.59 Å². The molecule has 26 heavy (non-hydrogen) atoms. The van der Waals surface area contributed by atoms with Crippen LogP contribution in [-0.2, 0) is 9.53 Å². The van der Waals surface area contributed by atoms with Gasteiger partial charge in [-0.1, -0.05) is 23.7 Å². The number of halogens is 1. The molecule has 0 aromatic heterocycles. The molecular weight excluding hydrogens is 358 g/mol. The third-order valence-corrected chi connectivity index (χ3v) is 3.94. The molecule has 0 aliphatic carbocycles. The van der Waals surface area contributed by atoms with Gasteiger partial charge in [0.1, 0.15) is 17.1 Å². The summed E-state index contributed by atoms with van der Waals surface area (Å²) >= 11 is 5.89. The number of hydrogen-bond donors (Lipinski definition) is 1. The fraction of sp³-hybridized carbons (Fsp3) is 0.263. The van der Waals surface area contributed by atoms with Crippen molar-refractivity contribution in [2.45, 2.75) is 13.0 Å². The SMILES string of the molecule is COc1ccc([C@@H](C)NC(=O)COC(=O)c2cc(Cl)ccc2OC)cc1. The van der Waals surface area contributed by atoms with Crippen LogP contribution in [0.1, 0.15) is 28.9 Å². The summed E-state index contributed by atoms with van der Waals surface area (Å²) in [4.78, 5) is 24.2. The summed E-state index contributed by atoms with van der Waals surface area (Å²) in [5.41, 5.74) is 1.07. The fourth-order valence-electron chi connectivity index (χ4n) is 2.31. The highest BCUT2D eigenvalue weighted by Crippen LogP contribution is 2.23. The second-order valence-electron chi connectivity index (χ2n) is 5.48. The molecule has 1 atom stereocenters. The van der Waals surface area contributed by atoms with Crippen LogP contribution >= 0.6 is 11.6 Å². The van der Waals surface area contributed by atoms with Gasteiger partial charge in [-0.05, 0) is 42.8 Å². The predicted molar refractivity (Wildman–Crippen MR) is 97.8 cm³/mol. The van der Waals surface area contributed by atoms with E-state index in [0.717, 1.165) is 11.3 Å². The molecule has 0 unspecified atom stereocenters. The maximum Gasteiger partial charge on any atom is 0.342 e. The molecule has 0 aliphatic rings. The Balaban J connectivity index is 1.91. The van der Waals surface area contributed by atoms with E-state index in [-0.39, 0.29) is 11.6 Å². The zero-order chi connectivity index (χ0) is 19.1. The normalized spacial score (nSPS) is 11.4. The van der Waals surface area contributed by atoms with Gasteiger partial charge in [0.25, 0.3) is 5.91 Å². The third kappa shape index (κ3) is 5.13. The van der Waals surface area contributed by atoms with Crippen molar-refractivity contribution in [3.8, 4) is 11.5 Å². The molecule has 0 saturated carbocycles. The van der Waals surface area contributed by atoms with Gasteiger partial charge in [0.05, 0.1) is 20.3 Å². The number of rotatable bonds is 7. The van der Waals surface area contributed by atoms with Crippen molar-refractivity contribution in [3.63, 3.8) is 0 Å². The van der Waals surface area contributed by atoms with E-state index >= 15 is 0 Å². The van der Waals surface area contributed by atoms with Crippen LogP contribution < -0.4 is 14.8 Å². The smallest absolute Gasteiger partial charge is 0.342 e. The minimum Gasteiger partial charge on any atom is -0.497 e. The molecule has 7 heteroatoms. The van der Waals surface area contributed by atoms with Gasteiger partial charge < -0.3 is 19.5 Å². The number of amides is 1. The molecule has 2 aromatic carbocycles. The molecule has 138 valence electrons. The van der Waals surface area contributed by atoms with Crippen molar-refractivity contribution in [1.82, 2.24) is 5.32 Å². The van der Waals surface area contributed by atoms with E-state index in [1.54, 1.807) is 19.2 Å². The maximum atomic E-state index is 12.2. The van der Waals surface area contributed by atoms with Crippen molar-refractivity contribution in [2.24, 2.45) is 0 Å². The van der Waals surface area contributed by atoms with Crippen molar-refractivity contribution < 1.29 is 23.8 Å². The quantitative estimate of drug-likeness (QED) is 0.748. The van der Waals surface area contributed by atoms with Crippen LogP contribution in [0, 0.1) is 0 Å². The standard InChI is InChI=1S/C19H20ClNO5/c1-12(13-4-7-15(24-2)8-5-13)21-18(22)11-26-19(23)16-10-14(20)6-9-17(16)25-3/h4-10,12H,11H2,1-3H3,(H,21,22)/t12-/m1/s1. The van der Waals surface area contributed by atoms with Gasteiger partial charge in [-0.2, -0.15) is 0 Å². The molecular formula is C19H20ClNO5. The number of esters is 1. The fourth-order valence-corrected chi connectivity index (χ4v) is 2.48. The first-order chi connectivity index (χ1) is 12.4. The molecule has 2 rings (SSSR count). The Labute approximate surface area is 157 Å². The van der Waals surface area contributed by atoms with Crippen molar-refractivity contribution in [3.05, 3.63) is 58.6 Å². The Morgan fingerprint density at radius 2 is 1.77 bits per heavy atom. The number of hydrogen-bond acceptors (Lipinski definition) is 5. The molecule has 0 heterocycles. The molecule has 1 amide bonds. The average Bonchev–Trinajstić information content (AvgIpc) is 2.66. The molecule has 0 bridgehead atoms. The van der Waals surface area contributed by atoms with Crippen LogP contribution in [0.25, 0.3) is 0 Å². The van der Waals surface area contributed by atoms with Crippen molar-refractivity contribution in [1.29, 1.82) is 0 Å². The molecule has 6 nitrogen and oxygen atoms in total. The zero-order valence-electron chi connectivity index (χ0n) is 14.7. The highest BCUT2D eigenvalue weighted by molar-refractivity contribution is 6.31. The lowest BCUT2D eigenvalue weighted by Crippen LogP contribution is -2.31. The van der Waals surface area contributed by atoms with E-state index in [0.29, 0.717) is 10.8 Å². The summed E-state index contributed by atoms with van der Waals surface area (Å²) in [6.07, 6.45) is 0. The maximum absolute atomic E-state index is 12.2. The third-order valence-electron chi connectivity index (χ3n) is 3.71. The molecule has 0 spiro atoms. The molecule has 0 fully saturated rings. The van der Waals surface area contributed by atoms with E-state index in [1.807, 2.05) is 31.2 Å². The van der Waals surface area contributed by atoms with Crippen LogP contribution in [0.5, 0.6) is 11.5 Å². The van der Waals surface area contributed by atoms with Gasteiger partial charge in [-0.3, -0.25) is 4.79 Å². The van der Waals surface area contributed by atoms with E-state index in [2.05, 4.69) is 5.32 Å². The van der Waals surface area contributed by atoms with Gasteiger partial charge in [-0.25, -0.2) is 4.79 Å². The van der Waals surface area contributed by atoms with Crippen LogP contribution in [0.3, 0.4) is 0 Å². The van der Waals surface area contributed by atoms with Crippen LogP contribution in [0.15, 0.2) is 42.5 Å². The topological polar surface area (TPSA) is 73.9 Å². The summed E-state index contributed by atoms with van der Waals surface area (Å²) in [6, 6.07) is 11.7. The lowest BCUT2D eigenvalue weighted by Gasteiger charge is -2.15. The lowest BCUT2D eigenvalue weighted by atomic mass is 10.1. The Bertz CT molecular complexity index is 776. The van der Waals surface area contributed by atoms with E-state index in [1.165, 1.54) is 13.2 Å². The monoisotopic (exact) mass is 377 g/mol. The summed E-state index contributed by atoms with van der Waals surface area (Å²) in [6.45, 7) is 1.43. The van der Waals surface area contributed by atoms with Crippen LogP contribution in [0.2, 0.25) is 5.02 Å². The summed E-state index contributed by atoms with van der Waals surface area (Å²) in [5.74, 6) is -0.0395. The second-order valence-corrected chi connectivity index (χ2v) is 5.92. The molecule has 0 aliphatic heterocycles. The summed E-state index contributed by atoms with van der Waals surface area (Å²) in [7, 11) is 3.02. The first kappa shape index (κ1) is 19.6. The Morgan fingerprint density at radius 1 is 1.08 bits per heavy atom. The molecule has 0 saturated heterocycles. The van der Waals surface area contributed by atoms with Crippen LogP contribution in [-0.4, -0.2) is 32.7 Å². The van der Waals surface area contributed by atoms with Gasteiger partial charge >= 0.3 is 5.97 Å². The van der Waals surface area contributed by atoms with E-state index < -0.39 is 18.5 Å². The number of carbonyl (C=O) groups is 2. The minimum atomic E-state index is -0.684. The van der Waals surface area contributed by atoms with Gasteiger partial charge in [0, 0.05) is 5.02 Å². The Morgan fingerprint density at radius 3 is 2.38 bits per heavy atom. The van der Waals surface area contributed by atoms with Crippen molar-refractivity contribution >= 4 is 23.5 Å². The predicted octanol–water partition coefficient (Wildman–Crippen LogP) is 3.39. The first-order valence-corrected chi connectivity index (χ1v) is 8.26. The molecule has 1 N–H and O–H groups in total. The number of carbonyl (C=O) groups excluding carboxylic acids is 2. The largest absolute Gasteiger partial charge is 0.497 e. The zero-order valence-corrected chi connectivity index (χ0v) is 15.5. The summed E-state index contributed by atoms with van der Waals surface area (Å²) < 4.78 is 15.3. The summed E-state index contributed by atoms with van der Waals surface area (Å²) in [5, 5.41) is 3.14.